The average Bonchev–Trinajstić information content (AvgIpc) is 2.88. The predicted octanol–water partition coefficient (Wildman–Crippen LogP) is 5.16. The van der Waals surface area contributed by atoms with Gasteiger partial charge in [0.2, 0.25) is 0 Å². The van der Waals surface area contributed by atoms with Gasteiger partial charge < -0.3 is 10.0 Å². The Labute approximate surface area is 139 Å². The van der Waals surface area contributed by atoms with Gasteiger partial charge >= 0.3 is 0 Å². The lowest BCUT2D eigenvalue weighted by atomic mass is 10.0. The van der Waals surface area contributed by atoms with Gasteiger partial charge in [-0.1, -0.05) is 57.0 Å². The minimum atomic E-state index is -0.486. The van der Waals surface area contributed by atoms with Gasteiger partial charge in [0.1, 0.15) is 6.10 Å². The van der Waals surface area contributed by atoms with Crippen LogP contribution in [0.15, 0.2) is 42.5 Å². The van der Waals surface area contributed by atoms with E-state index in [0.717, 1.165) is 24.2 Å². The first-order chi connectivity index (χ1) is 11.3. The molecule has 0 radical (unpaired) electrons. The molecular formula is C21H27NO. The fraction of sp³-hybridized carbons (Fsp3) is 0.429. The molecule has 122 valence electrons. The third-order valence-electron chi connectivity index (χ3n) is 4.80. The van der Waals surface area contributed by atoms with Crippen molar-refractivity contribution in [2.24, 2.45) is 0 Å². The molecule has 0 heterocycles. The molecule has 0 saturated heterocycles. The van der Waals surface area contributed by atoms with Crippen molar-refractivity contribution in [2.75, 3.05) is 18.0 Å². The number of anilines is 1. The normalized spacial score (nSPS) is 15.3. The largest absolute Gasteiger partial charge is 0.384 e. The minimum Gasteiger partial charge on any atom is -0.384 e. The van der Waals surface area contributed by atoms with Gasteiger partial charge in [-0.2, -0.15) is 0 Å². The van der Waals surface area contributed by atoms with Gasteiger partial charge in [-0.25, -0.2) is 0 Å². The van der Waals surface area contributed by atoms with Crippen LogP contribution in [0.1, 0.15) is 56.8 Å². The van der Waals surface area contributed by atoms with Crippen LogP contribution in [0, 0.1) is 0 Å². The van der Waals surface area contributed by atoms with E-state index in [2.05, 4.69) is 43.0 Å². The Morgan fingerprint density at radius 3 is 2.22 bits per heavy atom. The van der Waals surface area contributed by atoms with Crippen molar-refractivity contribution in [3.05, 3.63) is 53.6 Å². The number of unbranched alkanes of at least 4 members (excludes halogenated alkanes) is 2. The van der Waals surface area contributed by atoms with E-state index in [-0.39, 0.29) is 0 Å². The SMILES string of the molecule is CCCCN(CCCC)c1ccc2c(c1)[C@@H](O)c1ccccc1-2. The molecule has 0 amide bonds. The van der Waals surface area contributed by atoms with Gasteiger partial charge in [-0.15, -0.1) is 0 Å². The number of aliphatic hydroxyl groups is 1. The van der Waals surface area contributed by atoms with E-state index in [0.29, 0.717) is 0 Å². The summed E-state index contributed by atoms with van der Waals surface area (Å²) in [5, 5.41) is 10.7. The number of benzene rings is 2. The molecule has 23 heavy (non-hydrogen) atoms. The highest BCUT2D eigenvalue weighted by Gasteiger charge is 2.27. The topological polar surface area (TPSA) is 23.5 Å². The third-order valence-corrected chi connectivity index (χ3v) is 4.80. The summed E-state index contributed by atoms with van der Waals surface area (Å²) >= 11 is 0. The summed E-state index contributed by atoms with van der Waals surface area (Å²) in [5.74, 6) is 0. The molecule has 2 aromatic carbocycles. The zero-order chi connectivity index (χ0) is 16.2. The number of fused-ring (bicyclic) bond motifs is 3. The zero-order valence-electron chi connectivity index (χ0n) is 14.3. The molecule has 1 aliphatic carbocycles. The van der Waals surface area contributed by atoms with Gasteiger partial charge in [0.05, 0.1) is 0 Å². The van der Waals surface area contributed by atoms with Crippen LogP contribution in [0.4, 0.5) is 5.69 Å². The average molecular weight is 309 g/mol. The van der Waals surface area contributed by atoms with E-state index in [1.807, 2.05) is 18.2 Å². The van der Waals surface area contributed by atoms with E-state index >= 15 is 0 Å². The monoisotopic (exact) mass is 309 g/mol. The Hall–Kier alpha value is -1.80. The van der Waals surface area contributed by atoms with E-state index < -0.39 is 6.10 Å². The van der Waals surface area contributed by atoms with E-state index in [1.165, 1.54) is 42.5 Å². The van der Waals surface area contributed by atoms with Gasteiger partial charge in [0, 0.05) is 18.8 Å². The lowest BCUT2D eigenvalue weighted by Gasteiger charge is -2.25. The second kappa shape index (κ2) is 7.18. The van der Waals surface area contributed by atoms with Crippen LogP contribution in [0.25, 0.3) is 11.1 Å². The fourth-order valence-corrected chi connectivity index (χ4v) is 3.43. The molecule has 0 saturated carbocycles. The maximum absolute atomic E-state index is 10.7. The van der Waals surface area contributed by atoms with E-state index in [1.54, 1.807) is 0 Å². The lowest BCUT2D eigenvalue weighted by molar-refractivity contribution is 0.225. The van der Waals surface area contributed by atoms with Crippen LogP contribution in [-0.4, -0.2) is 18.2 Å². The number of hydrogen-bond donors (Lipinski definition) is 1. The quantitative estimate of drug-likeness (QED) is 0.764. The molecule has 1 atom stereocenters. The number of hydrogen-bond acceptors (Lipinski definition) is 2. The van der Waals surface area contributed by atoms with Crippen molar-refractivity contribution in [3.8, 4) is 11.1 Å². The number of aliphatic hydroxyl groups excluding tert-OH is 1. The maximum atomic E-state index is 10.7. The highest BCUT2D eigenvalue weighted by Crippen LogP contribution is 2.44. The van der Waals surface area contributed by atoms with Crippen molar-refractivity contribution in [3.63, 3.8) is 0 Å². The Kier molecular flexibility index (Phi) is 5.02. The zero-order valence-corrected chi connectivity index (χ0v) is 14.3. The van der Waals surface area contributed by atoms with Gasteiger partial charge in [-0.05, 0) is 47.2 Å². The summed E-state index contributed by atoms with van der Waals surface area (Å²) in [7, 11) is 0. The molecule has 1 N–H and O–H groups in total. The molecule has 0 unspecified atom stereocenters. The van der Waals surface area contributed by atoms with Crippen LogP contribution in [0.2, 0.25) is 0 Å². The second-order valence-corrected chi connectivity index (χ2v) is 6.46. The summed E-state index contributed by atoms with van der Waals surface area (Å²) in [6.07, 6.45) is 4.36. The molecular weight excluding hydrogens is 282 g/mol. The first kappa shape index (κ1) is 16.1. The van der Waals surface area contributed by atoms with Crippen molar-refractivity contribution in [1.82, 2.24) is 0 Å². The summed E-state index contributed by atoms with van der Waals surface area (Å²) < 4.78 is 0. The summed E-state index contributed by atoms with van der Waals surface area (Å²) in [5.41, 5.74) is 5.70. The van der Waals surface area contributed by atoms with Gasteiger partial charge in [-0.3, -0.25) is 0 Å². The van der Waals surface area contributed by atoms with E-state index in [9.17, 15) is 5.11 Å². The number of rotatable bonds is 7. The Morgan fingerprint density at radius 1 is 0.870 bits per heavy atom. The highest BCUT2D eigenvalue weighted by atomic mass is 16.3. The Bertz CT molecular complexity index is 657. The molecule has 0 fully saturated rings. The first-order valence-corrected chi connectivity index (χ1v) is 8.92. The van der Waals surface area contributed by atoms with Crippen LogP contribution >= 0.6 is 0 Å². The van der Waals surface area contributed by atoms with Crippen LogP contribution < -0.4 is 4.90 Å². The lowest BCUT2D eigenvalue weighted by Crippen LogP contribution is -2.25. The van der Waals surface area contributed by atoms with Crippen LogP contribution in [0.5, 0.6) is 0 Å². The maximum Gasteiger partial charge on any atom is 0.105 e. The molecule has 0 aliphatic heterocycles. The molecule has 3 rings (SSSR count). The smallest absolute Gasteiger partial charge is 0.105 e. The van der Waals surface area contributed by atoms with Crippen LogP contribution in [0.3, 0.4) is 0 Å². The Balaban J connectivity index is 1.91. The predicted molar refractivity (Wildman–Crippen MR) is 98.0 cm³/mol. The standard InChI is InChI=1S/C21H27NO/c1-3-5-13-22(14-6-4-2)16-11-12-18-17-9-7-8-10-19(17)21(23)20(18)15-16/h7-12,15,21,23H,3-6,13-14H2,1-2H3/t21-/m0/s1. The van der Waals surface area contributed by atoms with E-state index in [4.69, 9.17) is 0 Å². The first-order valence-electron chi connectivity index (χ1n) is 8.92. The second-order valence-electron chi connectivity index (χ2n) is 6.46. The van der Waals surface area contributed by atoms with Gasteiger partial charge in [0.15, 0.2) is 0 Å². The molecule has 0 aromatic heterocycles. The van der Waals surface area contributed by atoms with Crippen LogP contribution in [-0.2, 0) is 0 Å². The molecule has 2 aromatic rings. The van der Waals surface area contributed by atoms with Gasteiger partial charge in [0.25, 0.3) is 0 Å². The minimum absolute atomic E-state index is 0.486. The Morgan fingerprint density at radius 2 is 1.52 bits per heavy atom. The molecule has 0 spiro atoms. The number of nitrogens with zero attached hydrogens (tertiary/aromatic N) is 1. The van der Waals surface area contributed by atoms with Crippen molar-refractivity contribution < 1.29 is 5.11 Å². The molecule has 0 bridgehead atoms. The third kappa shape index (κ3) is 3.13. The fourth-order valence-electron chi connectivity index (χ4n) is 3.43. The summed E-state index contributed by atoms with van der Waals surface area (Å²) in [4.78, 5) is 2.48. The van der Waals surface area contributed by atoms with Crippen molar-refractivity contribution in [2.45, 2.75) is 45.6 Å². The van der Waals surface area contributed by atoms with Crippen molar-refractivity contribution in [1.29, 1.82) is 0 Å². The molecule has 2 nitrogen and oxygen atoms in total. The summed E-state index contributed by atoms with van der Waals surface area (Å²) in [6.45, 7) is 6.67. The molecule has 1 aliphatic rings. The van der Waals surface area contributed by atoms with Crippen molar-refractivity contribution >= 4 is 5.69 Å². The summed E-state index contributed by atoms with van der Waals surface area (Å²) in [6, 6.07) is 14.8. The highest BCUT2D eigenvalue weighted by molar-refractivity contribution is 5.80. The molecule has 2 heteroatoms.